The van der Waals surface area contributed by atoms with Gasteiger partial charge in [-0.3, -0.25) is 0 Å². The molecular weight excluding hydrogens is 129 g/mol. The molecule has 0 atom stereocenters. The molecule has 0 saturated carbocycles. The Balaban J connectivity index is 0. The maximum atomic E-state index is 5.84. The van der Waals surface area contributed by atoms with Gasteiger partial charge in [0.05, 0.1) is 0 Å². The van der Waals surface area contributed by atoms with E-state index < -0.39 is 0 Å². The zero-order chi connectivity index (χ0) is 3.41. The first-order valence-corrected chi connectivity index (χ1v) is 0.512. The van der Waals surface area contributed by atoms with E-state index in [1.54, 1.807) is 6.34 Å². The largest absolute Gasteiger partial charge is 0.563 e. The summed E-state index contributed by atoms with van der Waals surface area (Å²) >= 11 is 0. The van der Waals surface area contributed by atoms with E-state index in [0.29, 0.717) is 0 Å². The number of hydrogen-bond acceptors (Lipinski definition) is 1. The third-order valence-electron chi connectivity index (χ3n) is 0. The molecule has 0 rings (SSSR count). The van der Waals surface area contributed by atoms with E-state index in [2.05, 4.69) is 11.1 Å². The van der Waals surface area contributed by atoms with Crippen LogP contribution in [0.25, 0.3) is 0 Å². The first-order chi connectivity index (χ1) is 1.91. The minimum atomic E-state index is 0. The fourth-order valence-electron chi connectivity index (χ4n) is 0. The molecule has 0 aliphatic heterocycles. The Kier molecular flexibility index (Phi) is 10.9. The Morgan fingerprint density at radius 2 is 2.50 bits per heavy atom. The number of hydrogen-bond donors (Lipinski definition) is 2. The van der Waals surface area contributed by atoms with Crippen molar-refractivity contribution >= 4 is 6.34 Å². The van der Waals surface area contributed by atoms with Crippen molar-refractivity contribution in [1.82, 2.24) is 0 Å². The zero-order valence-electron chi connectivity index (χ0n) is 3.10. The summed E-state index contributed by atoms with van der Waals surface area (Å²) in [5.74, 6) is 0. The van der Waals surface area contributed by atoms with Crippen LogP contribution in [0.2, 0.25) is 1.41 Å². The van der Waals surface area contributed by atoms with Crippen LogP contribution in [0.15, 0.2) is 0 Å². The molecule has 0 amide bonds. The molecular formula is CH3N2Y-. The first-order valence-electron chi connectivity index (χ1n) is 0.959. The summed E-state index contributed by atoms with van der Waals surface area (Å²) < 4.78 is 5.84. The van der Waals surface area contributed by atoms with Crippen LogP contribution in [0, 0.1) is 5.40 Å². The van der Waals surface area contributed by atoms with E-state index in [-0.39, 0.29) is 32.7 Å². The number of nitrogens with two attached hydrogens (primary N) is 1. The maximum Gasteiger partial charge on any atom is 0.139 e. The molecule has 0 fully saturated rings. The van der Waals surface area contributed by atoms with Gasteiger partial charge in [-0.05, 0) is 0 Å². The SMILES string of the molecule is [3H]N=[C-]N.[Y]. The van der Waals surface area contributed by atoms with Crippen LogP contribution in [-0.4, -0.2) is 6.34 Å². The number of nitrogens with one attached hydrogen (secondary N) is 1. The van der Waals surface area contributed by atoms with Crippen molar-refractivity contribution in [1.29, 1.82) is 5.40 Å². The van der Waals surface area contributed by atoms with E-state index in [4.69, 9.17) is 1.41 Å². The molecule has 1 radical (unpaired) electrons. The maximum absolute atomic E-state index is 5.84. The minimum Gasteiger partial charge on any atom is -0.563 e. The molecule has 2 nitrogen and oxygen atoms in total. The predicted octanol–water partition coefficient (Wildman–Crippen LogP) is -0.573. The van der Waals surface area contributed by atoms with Gasteiger partial charge >= 0.3 is 0 Å². The Morgan fingerprint density at radius 3 is 2.50 bits per heavy atom. The van der Waals surface area contributed by atoms with E-state index in [9.17, 15) is 0 Å². The molecule has 3 N–H and O–H groups in total. The molecule has 0 saturated heterocycles. The first kappa shape index (κ1) is 4.57. The van der Waals surface area contributed by atoms with Gasteiger partial charge in [-0.1, -0.05) is 0 Å². The van der Waals surface area contributed by atoms with Gasteiger partial charge in [0.2, 0.25) is 0 Å². The second kappa shape index (κ2) is 9.56. The molecule has 0 aromatic heterocycles. The van der Waals surface area contributed by atoms with Crippen LogP contribution >= 0.6 is 0 Å². The van der Waals surface area contributed by atoms with Crippen molar-refractivity contribution in [3.8, 4) is 0 Å². The van der Waals surface area contributed by atoms with Crippen molar-refractivity contribution < 1.29 is 34.1 Å². The summed E-state index contributed by atoms with van der Waals surface area (Å²) in [7, 11) is 0. The molecule has 0 bridgehead atoms. The summed E-state index contributed by atoms with van der Waals surface area (Å²) in [5, 5.41) is 2.51. The molecule has 4 heavy (non-hydrogen) atoms. The van der Waals surface area contributed by atoms with Crippen molar-refractivity contribution in [3.63, 3.8) is 0 Å². The monoisotopic (exact) mass is 134 g/mol. The minimum absolute atomic E-state index is 0. The van der Waals surface area contributed by atoms with Gasteiger partial charge in [0.1, 0.15) is 1.41 Å². The molecule has 0 aliphatic rings. The van der Waals surface area contributed by atoms with Gasteiger partial charge in [0.25, 0.3) is 0 Å². The summed E-state index contributed by atoms with van der Waals surface area (Å²) in [6.45, 7) is 0. The fraction of sp³-hybridized carbons (Fsp3) is 0. The van der Waals surface area contributed by atoms with Crippen LogP contribution < -0.4 is 5.73 Å². The van der Waals surface area contributed by atoms with Crippen molar-refractivity contribution in [3.05, 3.63) is 0 Å². The van der Waals surface area contributed by atoms with Crippen LogP contribution in [0.5, 0.6) is 0 Å². The normalized spacial score (nSPS) is 9.50. The average molecular weight is 134 g/mol. The van der Waals surface area contributed by atoms with Gasteiger partial charge in [-0.15, -0.1) is 0 Å². The number of rotatable bonds is 0. The van der Waals surface area contributed by atoms with Crippen molar-refractivity contribution in [2.75, 3.05) is 0 Å². The van der Waals surface area contributed by atoms with E-state index in [0.717, 1.165) is 0 Å². The Hall–Kier alpha value is 0.574. The second-order valence-electron chi connectivity index (χ2n) is 0.129. The van der Waals surface area contributed by atoms with Crippen LogP contribution in [0.4, 0.5) is 0 Å². The van der Waals surface area contributed by atoms with Crippen molar-refractivity contribution in [2.24, 2.45) is 5.73 Å². The summed E-state index contributed by atoms with van der Waals surface area (Å²) in [6, 6.07) is 0. The molecule has 0 unspecified atom stereocenters. The zero-order valence-corrected chi connectivity index (χ0v) is 4.94. The smallest absolute Gasteiger partial charge is 0.139 e. The van der Waals surface area contributed by atoms with Gasteiger partial charge in [-0.2, -0.15) is 0 Å². The molecule has 0 heterocycles. The van der Waals surface area contributed by atoms with Crippen LogP contribution in [-0.2, 0) is 32.7 Å². The molecule has 3 heteroatoms. The summed E-state index contributed by atoms with van der Waals surface area (Å²) in [6.07, 6.45) is 1.72. The van der Waals surface area contributed by atoms with Crippen LogP contribution in [0.1, 0.15) is 0 Å². The topological polar surface area (TPSA) is 49.9 Å². The van der Waals surface area contributed by atoms with Gasteiger partial charge in [-0.25, -0.2) is 0 Å². The predicted molar refractivity (Wildman–Crippen MR) is 11.9 cm³/mol. The van der Waals surface area contributed by atoms with E-state index in [1.807, 2.05) is 0 Å². The fourth-order valence-corrected chi connectivity index (χ4v) is 0. The molecule has 21 valence electrons. The van der Waals surface area contributed by atoms with Gasteiger partial charge in [0.15, 0.2) is 0 Å². The van der Waals surface area contributed by atoms with Gasteiger partial charge in [0, 0.05) is 32.7 Å². The molecule has 0 aromatic rings. The Bertz CT molecular complexity index is 24.8. The standard InChI is InChI=1S/CH3N2.Y/c2-1-3;/h(H3,2,3);/q-1;/i/hT. The second-order valence-corrected chi connectivity index (χ2v) is 0.129. The molecule has 0 aromatic carbocycles. The van der Waals surface area contributed by atoms with Crippen molar-refractivity contribution in [2.45, 2.75) is 0 Å². The van der Waals surface area contributed by atoms with Crippen LogP contribution in [0.3, 0.4) is 0 Å². The molecule has 0 aliphatic carbocycles. The van der Waals surface area contributed by atoms with E-state index in [1.165, 1.54) is 0 Å². The molecule has 0 spiro atoms. The van der Waals surface area contributed by atoms with Gasteiger partial charge < -0.3 is 17.5 Å². The quantitative estimate of drug-likeness (QED) is 0.198. The van der Waals surface area contributed by atoms with E-state index >= 15 is 0 Å². The third kappa shape index (κ3) is 19.4. The average Bonchev–Trinajstić information content (AvgIpc) is 1.37. The summed E-state index contributed by atoms with van der Waals surface area (Å²) in [5.41, 5.74) is 4.42. The Labute approximate surface area is 51.6 Å². The summed E-state index contributed by atoms with van der Waals surface area (Å²) in [4.78, 5) is 0. The Morgan fingerprint density at radius 1 is 2.25 bits per heavy atom. The third-order valence-corrected chi connectivity index (χ3v) is 0.